The predicted octanol–water partition coefficient (Wildman–Crippen LogP) is 4.85. The van der Waals surface area contributed by atoms with Crippen LogP contribution < -0.4 is 10.2 Å². The van der Waals surface area contributed by atoms with Crippen molar-refractivity contribution in [3.63, 3.8) is 0 Å². The van der Waals surface area contributed by atoms with Gasteiger partial charge in [0.15, 0.2) is 0 Å². The Bertz CT molecular complexity index is 1320. The number of anilines is 2. The first-order chi connectivity index (χ1) is 17.8. The minimum Gasteiger partial charge on any atom is -0.462 e. The van der Waals surface area contributed by atoms with Crippen LogP contribution in [0.5, 0.6) is 0 Å². The van der Waals surface area contributed by atoms with E-state index in [1.165, 1.54) is 4.90 Å². The minimum absolute atomic E-state index is 0.194. The summed E-state index contributed by atoms with van der Waals surface area (Å²) in [5.74, 6) is -1.32. The zero-order chi connectivity index (χ0) is 26.5. The maximum Gasteiger partial charge on any atom is 0.338 e. The van der Waals surface area contributed by atoms with Crippen molar-refractivity contribution in [3.8, 4) is 0 Å². The highest BCUT2D eigenvalue weighted by Gasteiger charge is 2.46. The summed E-state index contributed by atoms with van der Waals surface area (Å²) in [6, 6.07) is 19.7. The molecule has 1 atom stereocenters. The highest BCUT2D eigenvalue weighted by atomic mass is 16.5. The van der Waals surface area contributed by atoms with Crippen molar-refractivity contribution < 1.29 is 23.9 Å². The lowest BCUT2D eigenvalue weighted by Crippen LogP contribution is -2.37. The van der Waals surface area contributed by atoms with Crippen molar-refractivity contribution in [1.82, 2.24) is 4.90 Å². The van der Waals surface area contributed by atoms with Gasteiger partial charge in [-0.1, -0.05) is 42.0 Å². The maximum atomic E-state index is 13.5. The number of urea groups is 1. The normalized spacial score (nSPS) is 15.2. The molecule has 3 aromatic carbocycles. The number of nitrogens with zero attached hydrogens (tertiary/aromatic N) is 2. The summed E-state index contributed by atoms with van der Waals surface area (Å²) in [5, 5.41) is 2.76. The van der Waals surface area contributed by atoms with Gasteiger partial charge in [0, 0.05) is 12.2 Å². The molecule has 1 heterocycles. The Morgan fingerprint density at radius 2 is 1.62 bits per heavy atom. The van der Waals surface area contributed by atoms with Gasteiger partial charge in [0.25, 0.3) is 5.91 Å². The van der Waals surface area contributed by atoms with Crippen molar-refractivity contribution in [2.45, 2.75) is 39.8 Å². The van der Waals surface area contributed by atoms with Crippen LogP contribution in [0.1, 0.15) is 40.4 Å². The summed E-state index contributed by atoms with van der Waals surface area (Å²) in [6.07, 6.45) is -0.210. The molecule has 1 aliphatic rings. The lowest BCUT2D eigenvalue weighted by atomic mass is 10.1. The Kier molecular flexibility index (Phi) is 7.67. The number of nitrogens with one attached hydrogen (secondary N) is 1. The van der Waals surface area contributed by atoms with Crippen LogP contribution in [0, 0.1) is 13.8 Å². The highest BCUT2D eigenvalue weighted by Crippen LogP contribution is 2.29. The Morgan fingerprint density at radius 3 is 2.27 bits per heavy atom. The van der Waals surface area contributed by atoms with Gasteiger partial charge in [-0.25, -0.2) is 14.5 Å². The standard InChI is InChI=1S/C29H29N3O5/c1-4-37-28(35)22-12-14-23(15-13-22)30-26(33)17-25-27(34)32(24-7-5-6-20(3)16-24)29(36)31(25)18-21-10-8-19(2)9-11-21/h5-16,25H,4,17-18H2,1-3H3,(H,30,33)/t25-/m1/s1. The van der Waals surface area contributed by atoms with Gasteiger partial charge in [-0.2, -0.15) is 0 Å². The zero-order valence-electron chi connectivity index (χ0n) is 21.1. The van der Waals surface area contributed by atoms with Gasteiger partial charge in [0.2, 0.25) is 5.91 Å². The van der Waals surface area contributed by atoms with Crippen LogP contribution in [0.4, 0.5) is 16.2 Å². The van der Waals surface area contributed by atoms with Crippen LogP contribution in [0.15, 0.2) is 72.8 Å². The molecule has 1 fully saturated rings. The van der Waals surface area contributed by atoms with Crippen LogP contribution >= 0.6 is 0 Å². The van der Waals surface area contributed by atoms with Crippen LogP contribution in [0.2, 0.25) is 0 Å². The average molecular weight is 500 g/mol. The highest BCUT2D eigenvalue weighted by molar-refractivity contribution is 6.22. The van der Waals surface area contributed by atoms with E-state index in [1.807, 2.05) is 44.2 Å². The first kappa shape index (κ1) is 25.6. The molecule has 4 amide bonds. The number of carbonyl (C=O) groups excluding carboxylic acids is 4. The number of rotatable bonds is 8. The molecule has 8 heteroatoms. The fraction of sp³-hybridized carbons (Fsp3) is 0.241. The lowest BCUT2D eigenvalue weighted by molar-refractivity contribution is -0.124. The minimum atomic E-state index is -0.965. The summed E-state index contributed by atoms with van der Waals surface area (Å²) in [7, 11) is 0. The van der Waals surface area contributed by atoms with Gasteiger partial charge in [-0.3, -0.25) is 9.59 Å². The molecule has 0 unspecified atom stereocenters. The molecule has 0 saturated carbocycles. The van der Waals surface area contributed by atoms with Gasteiger partial charge in [-0.05, 0) is 68.3 Å². The maximum absolute atomic E-state index is 13.5. The second kappa shape index (κ2) is 11.1. The van der Waals surface area contributed by atoms with Crippen LogP contribution in [-0.4, -0.2) is 41.4 Å². The number of carbonyl (C=O) groups is 4. The fourth-order valence-electron chi connectivity index (χ4n) is 4.20. The molecular formula is C29H29N3O5. The number of amides is 4. The van der Waals surface area contributed by atoms with Gasteiger partial charge in [0.05, 0.1) is 24.3 Å². The number of hydrogen-bond acceptors (Lipinski definition) is 5. The second-order valence-electron chi connectivity index (χ2n) is 8.97. The molecule has 4 rings (SSSR count). The average Bonchev–Trinajstić information content (AvgIpc) is 3.09. The first-order valence-electron chi connectivity index (χ1n) is 12.1. The van der Waals surface area contributed by atoms with Gasteiger partial charge in [0.1, 0.15) is 6.04 Å². The van der Waals surface area contributed by atoms with E-state index >= 15 is 0 Å². The molecule has 0 spiro atoms. The van der Waals surface area contributed by atoms with Crippen LogP contribution in [0.25, 0.3) is 0 Å². The summed E-state index contributed by atoms with van der Waals surface area (Å²) < 4.78 is 4.97. The van der Waals surface area contributed by atoms with E-state index in [0.29, 0.717) is 16.9 Å². The third kappa shape index (κ3) is 5.86. The number of esters is 1. The SMILES string of the molecule is CCOC(=O)c1ccc(NC(=O)C[C@@H]2C(=O)N(c3cccc(C)c3)C(=O)N2Cc2ccc(C)cc2)cc1. The third-order valence-corrected chi connectivity index (χ3v) is 6.11. The van der Waals surface area contributed by atoms with Gasteiger partial charge in [-0.15, -0.1) is 0 Å². The third-order valence-electron chi connectivity index (χ3n) is 6.11. The molecule has 0 bridgehead atoms. The van der Waals surface area contributed by atoms with Crippen molar-refractivity contribution >= 4 is 35.2 Å². The van der Waals surface area contributed by atoms with E-state index in [-0.39, 0.29) is 19.6 Å². The van der Waals surface area contributed by atoms with Gasteiger partial charge < -0.3 is 15.0 Å². The number of aryl methyl sites for hydroxylation is 2. The van der Waals surface area contributed by atoms with E-state index in [1.54, 1.807) is 49.4 Å². The molecule has 37 heavy (non-hydrogen) atoms. The Balaban J connectivity index is 1.54. The second-order valence-corrected chi connectivity index (χ2v) is 8.97. The van der Waals surface area contributed by atoms with E-state index in [4.69, 9.17) is 4.74 Å². The van der Waals surface area contributed by atoms with E-state index in [2.05, 4.69) is 5.32 Å². The van der Waals surface area contributed by atoms with E-state index < -0.39 is 29.9 Å². The number of imide groups is 1. The van der Waals surface area contributed by atoms with Crippen molar-refractivity contribution in [3.05, 3.63) is 95.1 Å². The van der Waals surface area contributed by atoms with E-state index in [0.717, 1.165) is 21.6 Å². The predicted molar refractivity (Wildman–Crippen MR) is 140 cm³/mol. The Labute approximate surface area is 215 Å². The molecular weight excluding hydrogens is 470 g/mol. The summed E-state index contributed by atoms with van der Waals surface area (Å²) in [6.45, 7) is 6.05. The molecule has 0 aliphatic carbocycles. The number of benzene rings is 3. The number of ether oxygens (including phenoxy) is 1. The smallest absolute Gasteiger partial charge is 0.338 e. The molecule has 1 saturated heterocycles. The topological polar surface area (TPSA) is 96.0 Å². The largest absolute Gasteiger partial charge is 0.462 e. The zero-order valence-corrected chi connectivity index (χ0v) is 21.1. The fourth-order valence-corrected chi connectivity index (χ4v) is 4.20. The molecule has 1 N–H and O–H groups in total. The summed E-state index contributed by atoms with van der Waals surface area (Å²) in [4.78, 5) is 54.4. The summed E-state index contributed by atoms with van der Waals surface area (Å²) >= 11 is 0. The summed E-state index contributed by atoms with van der Waals surface area (Å²) in [5.41, 5.74) is 4.17. The lowest BCUT2D eigenvalue weighted by Gasteiger charge is -2.22. The quantitative estimate of drug-likeness (QED) is 0.353. The molecule has 1 aliphatic heterocycles. The molecule has 190 valence electrons. The van der Waals surface area contributed by atoms with Crippen molar-refractivity contribution in [2.75, 3.05) is 16.8 Å². The van der Waals surface area contributed by atoms with Crippen LogP contribution in [0.3, 0.4) is 0 Å². The van der Waals surface area contributed by atoms with E-state index in [9.17, 15) is 19.2 Å². The van der Waals surface area contributed by atoms with Crippen molar-refractivity contribution in [2.24, 2.45) is 0 Å². The monoisotopic (exact) mass is 499 g/mol. The van der Waals surface area contributed by atoms with Gasteiger partial charge >= 0.3 is 12.0 Å². The molecule has 0 aromatic heterocycles. The number of hydrogen-bond donors (Lipinski definition) is 1. The molecule has 3 aromatic rings. The molecule has 0 radical (unpaired) electrons. The molecule has 8 nitrogen and oxygen atoms in total. The van der Waals surface area contributed by atoms with Crippen molar-refractivity contribution in [1.29, 1.82) is 0 Å². The Hall–Kier alpha value is -4.46. The van der Waals surface area contributed by atoms with Crippen LogP contribution in [-0.2, 0) is 20.9 Å². The Morgan fingerprint density at radius 1 is 0.919 bits per heavy atom. The first-order valence-corrected chi connectivity index (χ1v) is 12.1.